The number of aromatic carboxylic acids is 1. The van der Waals surface area contributed by atoms with Crippen molar-refractivity contribution in [3.8, 4) is 22.8 Å². The minimum atomic E-state index is -1.04. The van der Waals surface area contributed by atoms with Crippen molar-refractivity contribution in [2.75, 3.05) is 7.11 Å². The van der Waals surface area contributed by atoms with E-state index in [2.05, 4.69) is 14.9 Å². The molecule has 0 aliphatic carbocycles. The summed E-state index contributed by atoms with van der Waals surface area (Å²) in [7, 11) is 1.54. The summed E-state index contributed by atoms with van der Waals surface area (Å²) in [4.78, 5) is 18.5. The van der Waals surface area contributed by atoms with E-state index in [-0.39, 0.29) is 5.56 Å². The third-order valence-electron chi connectivity index (χ3n) is 3.71. The fourth-order valence-electron chi connectivity index (χ4n) is 2.52. The Balaban J connectivity index is 2.10. The number of hydrogen-bond acceptors (Lipinski definition) is 4. The summed E-state index contributed by atoms with van der Waals surface area (Å²) in [5.41, 5.74) is 3.05. The van der Waals surface area contributed by atoms with E-state index in [0.29, 0.717) is 17.4 Å². The second-order valence-corrected chi connectivity index (χ2v) is 5.25. The van der Waals surface area contributed by atoms with Gasteiger partial charge >= 0.3 is 5.97 Å². The molecule has 0 amide bonds. The van der Waals surface area contributed by atoms with Crippen molar-refractivity contribution in [3.05, 3.63) is 65.3 Å². The summed E-state index contributed by atoms with van der Waals surface area (Å²) in [5.74, 6) is -0.0964. The molecule has 2 heterocycles. The Morgan fingerprint density at radius 1 is 1.24 bits per heavy atom. The highest BCUT2D eigenvalue weighted by Crippen LogP contribution is 2.35. The average Bonchev–Trinajstić information content (AvgIpc) is 2.98. The van der Waals surface area contributed by atoms with E-state index in [4.69, 9.17) is 16.4 Å². The maximum absolute atomic E-state index is 11.0. The van der Waals surface area contributed by atoms with Crippen LogP contribution in [0.1, 0.15) is 16.1 Å². The summed E-state index contributed by atoms with van der Waals surface area (Å²) in [6.07, 6.45) is 1.28. The Labute approximate surface area is 144 Å². The lowest BCUT2D eigenvalue weighted by molar-refractivity contribution is 0.0696. The topological polar surface area (TPSA) is 81.6 Å². The van der Waals surface area contributed by atoms with Crippen LogP contribution in [0.2, 0.25) is 0 Å². The molecule has 7 nitrogen and oxygen atoms in total. The SMILES string of the molecule is [C-]#[N+]c1ccc(-c2c(C)nn(-c3ccc(C(=O)O)cn3)c2OC)cc1. The number of aryl methyl sites for hydroxylation is 1. The van der Waals surface area contributed by atoms with Crippen LogP contribution in [-0.2, 0) is 0 Å². The maximum atomic E-state index is 11.0. The molecule has 7 heteroatoms. The van der Waals surface area contributed by atoms with Gasteiger partial charge in [0.2, 0.25) is 5.88 Å². The quantitative estimate of drug-likeness (QED) is 0.739. The van der Waals surface area contributed by atoms with Crippen molar-refractivity contribution in [2.24, 2.45) is 0 Å². The number of nitrogens with zero attached hydrogens (tertiary/aromatic N) is 4. The monoisotopic (exact) mass is 334 g/mol. The molecular weight excluding hydrogens is 320 g/mol. The van der Waals surface area contributed by atoms with Crippen LogP contribution in [0.3, 0.4) is 0 Å². The number of benzene rings is 1. The first kappa shape index (κ1) is 16.2. The molecule has 1 aromatic carbocycles. The van der Waals surface area contributed by atoms with Crippen LogP contribution in [0.4, 0.5) is 5.69 Å². The molecule has 0 unspecified atom stereocenters. The Kier molecular flexibility index (Phi) is 4.18. The molecule has 0 saturated carbocycles. The van der Waals surface area contributed by atoms with E-state index in [9.17, 15) is 4.79 Å². The van der Waals surface area contributed by atoms with E-state index in [1.54, 1.807) is 18.2 Å². The van der Waals surface area contributed by atoms with Crippen LogP contribution in [0, 0.1) is 13.5 Å². The number of ether oxygens (including phenoxy) is 1. The van der Waals surface area contributed by atoms with Gasteiger partial charge in [-0.15, -0.1) is 0 Å². The largest absolute Gasteiger partial charge is 0.480 e. The molecule has 2 aromatic heterocycles. The number of carbonyl (C=O) groups is 1. The van der Waals surface area contributed by atoms with Gasteiger partial charge in [0.05, 0.1) is 30.5 Å². The zero-order valence-corrected chi connectivity index (χ0v) is 13.6. The highest BCUT2D eigenvalue weighted by molar-refractivity contribution is 5.87. The smallest absolute Gasteiger partial charge is 0.337 e. The number of rotatable bonds is 4. The molecule has 0 saturated heterocycles. The number of pyridine rings is 1. The molecule has 124 valence electrons. The fourth-order valence-corrected chi connectivity index (χ4v) is 2.52. The van der Waals surface area contributed by atoms with E-state index in [1.165, 1.54) is 24.1 Å². The summed E-state index contributed by atoms with van der Waals surface area (Å²) < 4.78 is 7.05. The molecule has 3 rings (SSSR count). The molecular formula is C18H14N4O3. The number of aromatic nitrogens is 3. The van der Waals surface area contributed by atoms with Crippen molar-refractivity contribution in [1.82, 2.24) is 14.8 Å². The van der Waals surface area contributed by atoms with Crippen LogP contribution >= 0.6 is 0 Å². The van der Waals surface area contributed by atoms with Gasteiger partial charge in [0.25, 0.3) is 0 Å². The Bertz CT molecular complexity index is 967. The van der Waals surface area contributed by atoms with Crippen molar-refractivity contribution in [3.63, 3.8) is 0 Å². The van der Waals surface area contributed by atoms with Gasteiger partial charge in [-0.2, -0.15) is 9.78 Å². The molecule has 1 N–H and O–H groups in total. The molecule has 0 atom stereocenters. The van der Waals surface area contributed by atoms with Crippen molar-refractivity contribution >= 4 is 11.7 Å². The lowest BCUT2D eigenvalue weighted by Gasteiger charge is -2.08. The van der Waals surface area contributed by atoms with Crippen LogP contribution in [0.15, 0.2) is 42.6 Å². The van der Waals surface area contributed by atoms with Gasteiger partial charge in [0, 0.05) is 6.20 Å². The minimum Gasteiger partial charge on any atom is -0.480 e. The van der Waals surface area contributed by atoms with Gasteiger partial charge in [-0.25, -0.2) is 14.6 Å². The van der Waals surface area contributed by atoms with Gasteiger partial charge in [-0.1, -0.05) is 24.3 Å². The van der Waals surface area contributed by atoms with Gasteiger partial charge in [-0.3, -0.25) is 0 Å². The molecule has 0 aliphatic heterocycles. The first-order chi connectivity index (χ1) is 12.0. The Morgan fingerprint density at radius 3 is 2.48 bits per heavy atom. The lowest BCUT2D eigenvalue weighted by Crippen LogP contribution is -2.04. The van der Waals surface area contributed by atoms with Crippen LogP contribution in [0.25, 0.3) is 21.8 Å². The number of methoxy groups -OCH3 is 1. The first-order valence-electron chi connectivity index (χ1n) is 7.36. The third-order valence-corrected chi connectivity index (χ3v) is 3.71. The van der Waals surface area contributed by atoms with E-state index >= 15 is 0 Å². The average molecular weight is 334 g/mol. The van der Waals surface area contributed by atoms with E-state index in [0.717, 1.165) is 16.8 Å². The standard InChI is InChI=1S/C18H14N4O3/c1-11-16(12-4-7-14(19-2)8-5-12)17(25-3)22(21-11)15-9-6-13(10-20-15)18(23)24/h4-10H,1,3H3,(H,23,24). The fraction of sp³-hybridized carbons (Fsp3) is 0.111. The van der Waals surface area contributed by atoms with Gasteiger partial charge in [-0.05, 0) is 24.6 Å². The van der Waals surface area contributed by atoms with E-state index < -0.39 is 5.97 Å². The zero-order chi connectivity index (χ0) is 18.0. The van der Waals surface area contributed by atoms with Gasteiger partial charge in [0.1, 0.15) is 0 Å². The van der Waals surface area contributed by atoms with Crippen molar-refractivity contribution in [1.29, 1.82) is 0 Å². The lowest BCUT2D eigenvalue weighted by atomic mass is 10.1. The second-order valence-electron chi connectivity index (χ2n) is 5.25. The number of carboxylic acids is 1. The molecule has 0 aliphatic rings. The van der Waals surface area contributed by atoms with Gasteiger partial charge < -0.3 is 9.84 Å². The molecule has 0 spiro atoms. The molecule has 0 bridgehead atoms. The van der Waals surface area contributed by atoms with Crippen LogP contribution in [-0.4, -0.2) is 33.0 Å². The molecule has 0 radical (unpaired) electrons. The van der Waals surface area contributed by atoms with Crippen molar-refractivity contribution in [2.45, 2.75) is 6.92 Å². The van der Waals surface area contributed by atoms with Crippen molar-refractivity contribution < 1.29 is 14.6 Å². The first-order valence-corrected chi connectivity index (χ1v) is 7.36. The maximum Gasteiger partial charge on any atom is 0.337 e. The summed E-state index contributed by atoms with van der Waals surface area (Å²) in [6.45, 7) is 8.89. The van der Waals surface area contributed by atoms with E-state index in [1.807, 2.05) is 19.1 Å². The molecule has 0 fully saturated rings. The van der Waals surface area contributed by atoms with Gasteiger partial charge in [0.15, 0.2) is 11.5 Å². The Hall–Kier alpha value is -3.66. The number of carboxylic acid groups (broad SMARTS) is 1. The summed E-state index contributed by atoms with van der Waals surface area (Å²) in [5, 5.41) is 13.4. The zero-order valence-electron chi connectivity index (χ0n) is 13.6. The predicted molar refractivity (Wildman–Crippen MR) is 91.3 cm³/mol. The number of hydrogen-bond donors (Lipinski definition) is 1. The van der Waals surface area contributed by atoms with Crippen LogP contribution < -0.4 is 4.74 Å². The molecule has 3 aromatic rings. The normalized spacial score (nSPS) is 10.3. The second kappa shape index (κ2) is 6.45. The minimum absolute atomic E-state index is 0.0987. The summed E-state index contributed by atoms with van der Waals surface area (Å²) >= 11 is 0. The summed E-state index contributed by atoms with van der Waals surface area (Å²) in [6, 6.07) is 10.2. The third kappa shape index (κ3) is 2.93. The highest BCUT2D eigenvalue weighted by atomic mass is 16.5. The molecule has 25 heavy (non-hydrogen) atoms. The Morgan fingerprint density at radius 2 is 1.96 bits per heavy atom. The predicted octanol–water partition coefficient (Wildman–Crippen LogP) is 3.50. The highest BCUT2D eigenvalue weighted by Gasteiger charge is 2.19. The van der Waals surface area contributed by atoms with Crippen LogP contribution in [0.5, 0.6) is 5.88 Å².